The average Bonchev–Trinajstić information content (AvgIpc) is 2.85. The third-order valence-corrected chi connectivity index (χ3v) is 5.87. The monoisotopic (exact) mass is 296 g/mol. The predicted octanol–water partition coefficient (Wildman–Crippen LogP) is 2.20. The summed E-state index contributed by atoms with van der Waals surface area (Å²) in [7, 11) is 0. The lowest BCUT2D eigenvalue weighted by Gasteiger charge is -2.56. The Labute approximate surface area is 124 Å². The summed E-state index contributed by atoms with van der Waals surface area (Å²) in [5.74, 6) is 0. The SMILES string of the molecule is CCO[C@H]1C[C@@H](O)C12CCN(Cc1nc(C)cs1)CC2. The Balaban J connectivity index is 1.56. The van der Waals surface area contributed by atoms with Crippen LogP contribution in [-0.2, 0) is 11.3 Å². The Morgan fingerprint density at radius 2 is 2.25 bits per heavy atom. The highest BCUT2D eigenvalue weighted by Gasteiger charge is 2.55. The fourth-order valence-corrected chi connectivity index (χ4v) is 4.42. The van der Waals surface area contributed by atoms with E-state index in [4.69, 9.17) is 4.74 Å². The summed E-state index contributed by atoms with van der Waals surface area (Å²) < 4.78 is 5.81. The zero-order chi connectivity index (χ0) is 14.2. The second-order valence-electron chi connectivity index (χ2n) is 6.09. The summed E-state index contributed by atoms with van der Waals surface area (Å²) in [5, 5.41) is 13.5. The highest BCUT2D eigenvalue weighted by Crippen LogP contribution is 2.51. The molecule has 1 spiro atoms. The zero-order valence-corrected chi connectivity index (χ0v) is 13.2. The molecular weight excluding hydrogens is 272 g/mol. The van der Waals surface area contributed by atoms with E-state index in [2.05, 4.69) is 15.3 Å². The first-order valence-corrected chi connectivity index (χ1v) is 8.45. The zero-order valence-electron chi connectivity index (χ0n) is 12.3. The molecule has 4 nitrogen and oxygen atoms in total. The minimum atomic E-state index is -0.164. The number of aromatic nitrogens is 1. The molecule has 1 saturated carbocycles. The predicted molar refractivity (Wildman–Crippen MR) is 79.8 cm³/mol. The lowest BCUT2D eigenvalue weighted by atomic mass is 9.58. The number of piperidine rings is 1. The van der Waals surface area contributed by atoms with Crippen molar-refractivity contribution in [2.45, 2.75) is 51.9 Å². The Morgan fingerprint density at radius 1 is 1.50 bits per heavy atom. The number of aryl methyl sites for hydroxylation is 1. The van der Waals surface area contributed by atoms with Crippen molar-refractivity contribution in [2.75, 3.05) is 19.7 Å². The van der Waals surface area contributed by atoms with Gasteiger partial charge in [0.15, 0.2) is 0 Å². The number of hydrogen-bond acceptors (Lipinski definition) is 5. The molecule has 5 heteroatoms. The van der Waals surface area contributed by atoms with Gasteiger partial charge in [0.05, 0.1) is 18.8 Å². The van der Waals surface area contributed by atoms with Crippen LogP contribution in [0.3, 0.4) is 0 Å². The molecule has 3 rings (SSSR count). The molecule has 1 saturated heterocycles. The third kappa shape index (κ3) is 2.52. The molecule has 112 valence electrons. The van der Waals surface area contributed by atoms with Gasteiger partial charge in [0, 0.05) is 29.5 Å². The molecule has 2 heterocycles. The van der Waals surface area contributed by atoms with E-state index < -0.39 is 0 Å². The van der Waals surface area contributed by atoms with Gasteiger partial charge in [0.2, 0.25) is 0 Å². The van der Waals surface area contributed by atoms with E-state index in [1.807, 2.05) is 13.8 Å². The fraction of sp³-hybridized carbons (Fsp3) is 0.800. The van der Waals surface area contributed by atoms with Crippen LogP contribution in [0.1, 0.15) is 36.9 Å². The van der Waals surface area contributed by atoms with E-state index in [0.717, 1.165) is 51.2 Å². The molecule has 1 aromatic rings. The van der Waals surface area contributed by atoms with Crippen molar-refractivity contribution >= 4 is 11.3 Å². The van der Waals surface area contributed by atoms with Gasteiger partial charge in [0.25, 0.3) is 0 Å². The van der Waals surface area contributed by atoms with Gasteiger partial charge in [-0.25, -0.2) is 4.98 Å². The topological polar surface area (TPSA) is 45.6 Å². The van der Waals surface area contributed by atoms with E-state index >= 15 is 0 Å². The first-order chi connectivity index (χ1) is 9.64. The first kappa shape index (κ1) is 14.4. The van der Waals surface area contributed by atoms with Crippen LogP contribution in [0.15, 0.2) is 5.38 Å². The van der Waals surface area contributed by atoms with Crippen molar-refractivity contribution in [1.82, 2.24) is 9.88 Å². The summed E-state index contributed by atoms with van der Waals surface area (Å²) >= 11 is 1.75. The molecule has 0 bridgehead atoms. The molecule has 2 atom stereocenters. The molecular formula is C15H24N2O2S. The second kappa shape index (κ2) is 5.72. The van der Waals surface area contributed by atoms with Crippen LogP contribution < -0.4 is 0 Å². The molecule has 0 amide bonds. The quantitative estimate of drug-likeness (QED) is 0.925. The van der Waals surface area contributed by atoms with Gasteiger partial charge in [0.1, 0.15) is 5.01 Å². The molecule has 2 aliphatic rings. The normalized spacial score (nSPS) is 29.6. The molecule has 1 aromatic heterocycles. The van der Waals surface area contributed by atoms with Crippen molar-refractivity contribution in [1.29, 1.82) is 0 Å². The standard InChI is InChI=1S/C15H24N2O2S/c1-3-19-13-8-12(18)15(13)4-6-17(7-5-15)9-14-16-11(2)10-20-14/h10,12-13,18H,3-9H2,1-2H3/t12-,13+/m1/s1. The summed E-state index contributed by atoms with van der Waals surface area (Å²) in [5.41, 5.74) is 1.15. The number of ether oxygens (including phenoxy) is 1. The van der Waals surface area contributed by atoms with Gasteiger partial charge in [-0.05, 0) is 39.8 Å². The van der Waals surface area contributed by atoms with Gasteiger partial charge in [-0.1, -0.05) is 0 Å². The number of aliphatic hydroxyl groups excluding tert-OH is 1. The number of likely N-dealkylation sites (tertiary alicyclic amines) is 1. The molecule has 2 fully saturated rings. The number of rotatable bonds is 4. The molecule has 1 N–H and O–H groups in total. The van der Waals surface area contributed by atoms with Crippen LogP contribution in [0.5, 0.6) is 0 Å². The molecule has 1 aliphatic heterocycles. The van der Waals surface area contributed by atoms with Crippen LogP contribution in [0.2, 0.25) is 0 Å². The van der Waals surface area contributed by atoms with E-state index in [9.17, 15) is 5.11 Å². The molecule has 0 radical (unpaired) electrons. The largest absolute Gasteiger partial charge is 0.392 e. The minimum absolute atomic E-state index is 0.0330. The van der Waals surface area contributed by atoms with E-state index in [-0.39, 0.29) is 17.6 Å². The van der Waals surface area contributed by atoms with E-state index in [0.29, 0.717) is 0 Å². The van der Waals surface area contributed by atoms with Crippen molar-refractivity contribution in [3.8, 4) is 0 Å². The van der Waals surface area contributed by atoms with Gasteiger partial charge in [-0.3, -0.25) is 4.90 Å². The van der Waals surface area contributed by atoms with Crippen LogP contribution in [0, 0.1) is 12.3 Å². The van der Waals surface area contributed by atoms with Crippen LogP contribution in [-0.4, -0.2) is 46.9 Å². The Kier molecular flexibility index (Phi) is 4.13. The highest BCUT2D eigenvalue weighted by molar-refractivity contribution is 7.09. The summed E-state index contributed by atoms with van der Waals surface area (Å²) in [4.78, 5) is 6.99. The maximum Gasteiger partial charge on any atom is 0.107 e. The molecule has 0 aromatic carbocycles. The van der Waals surface area contributed by atoms with Crippen molar-refractivity contribution in [3.05, 3.63) is 16.1 Å². The Bertz CT molecular complexity index is 452. The number of nitrogens with zero attached hydrogens (tertiary/aromatic N) is 2. The summed E-state index contributed by atoms with van der Waals surface area (Å²) in [6, 6.07) is 0. The molecule has 20 heavy (non-hydrogen) atoms. The van der Waals surface area contributed by atoms with E-state index in [1.54, 1.807) is 11.3 Å². The summed E-state index contributed by atoms with van der Waals surface area (Å²) in [6.45, 7) is 7.87. The van der Waals surface area contributed by atoms with Crippen molar-refractivity contribution in [3.63, 3.8) is 0 Å². The van der Waals surface area contributed by atoms with Gasteiger partial charge in [-0.2, -0.15) is 0 Å². The average molecular weight is 296 g/mol. The highest BCUT2D eigenvalue weighted by atomic mass is 32.1. The van der Waals surface area contributed by atoms with Gasteiger partial charge >= 0.3 is 0 Å². The Hall–Kier alpha value is -0.490. The maximum atomic E-state index is 10.2. The molecule has 1 aliphatic carbocycles. The Morgan fingerprint density at radius 3 is 2.80 bits per heavy atom. The number of thiazole rings is 1. The maximum absolute atomic E-state index is 10.2. The first-order valence-electron chi connectivity index (χ1n) is 7.57. The number of hydrogen-bond donors (Lipinski definition) is 1. The second-order valence-corrected chi connectivity index (χ2v) is 7.03. The van der Waals surface area contributed by atoms with Crippen molar-refractivity contribution in [2.24, 2.45) is 5.41 Å². The summed E-state index contributed by atoms with van der Waals surface area (Å²) in [6.07, 6.45) is 3.02. The van der Waals surface area contributed by atoms with Crippen LogP contribution in [0.4, 0.5) is 0 Å². The van der Waals surface area contributed by atoms with Crippen LogP contribution >= 0.6 is 11.3 Å². The third-order valence-electron chi connectivity index (χ3n) is 4.92. The smallest absolute Gasteiger partial charge is 0.107 e. The minimum Gasteiger partial charge on any atom is -0.392 e. The lowest BCUT2D eigenvalue weighted by molar-refractivity contribution is -0.209. The van der Waals surface area contributed by atoms with Crippen LogP contribution in [0.25, 0.3) is 0 Å². The lowest BCUT2D eigenvalue weighted by Crippen LogP contribution is -2.62. The molecule has 0 unspecified atom stereocenters. The van der Waals surface area contributed by atoms with E-state index in [1.165, 1.54) is 5.01 Å². The van der Waals surface area contributed by atoms with Gasteiger partial charge < -0.3 is 9.84 Å². The number of aliphatic hydroxyl groups is 1. The van der Waals surface area contributed by atoms with Gasteiger partial charge in [-0.15, -0.1) is 11.3 Å². The fourth-order valence-electron chi connectivity index (χ4n) is 3.61. The van der Waals surface area contributed by atoms with Crippen molar-refractivity contribution < 1.29 is 9.84 Å².